The van der Waals surface area contributed by atoms with Crippen LogP contribution in [0.4, 0.5) is 5.69 Å². The van der Waals surface area contributed by atoms with E-state index in [1.54, 1.807) is 14.2 Å². The van der Waals surface area contributed by atoms with Crippen LogP contribution in [-0.4, -0.2) is 45.4 Å². The van der Waals surface area contributed by atoms with E-state index in [2.05, 4.69) is 4.90 Å². The second-order valence-corrected chi connectivity index (χ2v) is 4.84. The van der Waals surface area contributed by atoms with Gasteiger partial charge in [-0.2, -0.15) is 0 Å². The zero-order valence-electron chi connectivity index (χ0n) is 11.6. The average molecular weight is 263 g/mol. The zero-order chi connectivity index (χ0) is 14.0. The number of rotatable bonds is 4. The molecule has 1 aliphatic rings. The Morgan fingerprint density at radius 2 is 1.84 bits per heavy atom. The van der Waals surface area contributed by atoms with Crippen LogP contribution < -0.4 is 10.6 Å². The van der Waals surface area contributed by atoms with Crippen molar-refractivity contribution in [1.82, 2.24) is 0 Å². The third-order valence-electron chi connectivity index (χ3n) is 3.66. The first kappa shape index (κ1) is 13.8. The fraction of sp³-hybridized carbons (Fsp3) is 0.500. The van der Waals surface area contributed by atoms with Crippen molar-refractivity contribution < 1.29 is 9.47 Å². The summed E-state index contributed by atoms with van der Waals surface area (Å²) in [6.45, 7) is 3.53. The molecule has 0 amide bonds. The minimum atomic E-state index is 0.0458. The topological polar surface area (TPSA) is 71.6 Å². The SMILES string of the molecule is COC1CN(c2c(C)cccc2C(=N)N)CC1OC. The van der Waals surface area contributed by atoms with Gasteiger partial charge in [-0.25, -0.2) is 0 Å². The molecular weight excluding hydrogens is 242 g/mol. The number of anilines is 1. The molecule has 19 heavy (non-hydrogen) atoms. The fourth-order valence-electron chi connectivity index (χ4n) is 2.68. The van der Waals surface area contributed by atoms with Gasteiger partial charge in [0.1, 0.15) is 18.0 Å². The van der Waals surface area contributed by atoms with Crippen LogP contribution in [0.2, 0.25) is 0 Å². The van der Waals surface area contributed by atoms with Gasteiger partial charge in [-0.1, -0.05) is 12.1 Å². The Labute approximate surface area is 113 Å². The minimum Gasteiger partial charge on any atom is -0.384 e. The highest BCUT2D eigenvalue weighted by atomic mass is 16.5. The maximum atomic E-state index is 7.72. The molecular formula is C14H21N3O2. The number of nitrogens with two attached hydrogens (primary N) is 1. The van der Waals surface area contributed by atoms with Crippen molar-refractivity contribution in [3.05, 3.63) is 29.3 Å². The number of benzene rings is 1. The number of nitrogens with zero attached hydrogens (tertiary/aromatic N) is 1. The Morgan fingerprint density at radius 1 is 1.26 bits per heavy atom. The lowest BCUT2D eigenvalue weighted by atomic mass is 10.1. The van der Waals surface area contributed by atoms with Gasteiger partial charge in [-0.15, -0.1) is 0 Å². The van der Waals surface area contributed by atoms with Crippen molar-refractivity contribution in [1.29, 1.82) is 5.41 Å². The number of para-hydroxylation sites is 1. The molecule has 1 saturated heterocycles. The summed E-state index contributed by atoms with van der Waals surface area (Å²) >= 11 is 0. The Kier molecular flexibility index (Phi) is 4.07. The maximum Gasteiger partial charge on any atom is 0.124 e. The van der Waals surface area contributed by atoms with E-state index in [-0.39, 0.29) is 18.0 Å². The molecule has 2 rings (SSSR count). The van der Waals surface area contributed by atoms with Gasteiger partial charge in [0.05, 0.1) is 5.69 Å². The van der Waals surface area contributed by atoms with E-state index in [1.807, 2.05) is 25.1 Å². The Bertz CT molecular complexity index is 464. The summed E-state index contributed by atoms with van der Waals surface area (Å²) in [5.41, 5.74) is 8.57. The normalized spacial score (nSPS) is 22.8. The van der Waals surface area contributed by atoms with Gasteiger partial charge >= 0.3 is 0 Å². The number of amidine groups is 1. The lowest BCUT2D eigenvalue weighted by Crippen LogP contribution is -2.27. The molecule has 3 N–H and O–H groups in total. The summed E-state index contributed by atoms with van der Waals surface area (Å²) in [4.78, 5) is 2.19. The van der Waals surface area contributed by atoms with Gasteiger partial charge in [0.25, 0.3) is 0 Å². The molecule has 2 unspecified atom stereocenters. The number of nitrogen functional groups attached to an aromatic ring is 1. The fourth-order valence-corrected chi connectivity index (χ4v) is 2.68. The highest BCUT2D eigenvalue weighted by Gasteiger charge is 2.34. The third-order valence-corrected chi connectivity index (χ3v) is 3.66. The molecule has 0 aliphatic carbocycles. The van der Waals surface area contributed by atoms with Crippen molar-refractivity contribution in [3.63, 3.8) is 0 Å². The van der Waals surface area contributed by atoms with E-state index in [0.29, 0.717) is 0 Å². The lowest BCUT2D eigenvalue weighted by molar-refractivity contribution is -0.00461. The van der Waals surface area contributed by atoms with Gasteiger partial charge in [0.15, 0.2) is 0 Å². The summed E-state index contributed by atoms with van der Waals surface area (Å²) in [5, 5.41) is 7.72. The molecule has 5 heteroatoms. The molecule has 0 bridgehead atoms. The molecule has 0 radical (unpaired) electrons. The van der Waals surface area contributed by atoms with Crippen molar-refractivity contribution in [3.8, 4) is 0 Å². The molecule has 0 aromatic heterocycles. The van der Waals surface area contributed by atoms with E-state index in [0.717, 1.165) is 29.9 Å². The van der Waals surface area contributed by atoms with Crippen LogP contribution in [0.3, 0.4) is 0 Å². The molecule has 1 heterocycles. The lowest BCUT2D eigenvalue weighted by Gasteiger charge is -2.23. The van der Waals surface area contributed by atoms with Gasteiger partial charge < -0.3 is 20.1 Å². The van der Waals surface area contributed by atoms with E-state index >= 15 is 0 Å². The van der Waals surface area contributed by atoms with Crippen molar-refractivity contribution in [2.45, 2.75) is 19.1 Å². The average Bonchev–Trinajstić information content (AvgIpc) is 2.81. The molecule has 1 aromatic rings. The molecule has 5 nitrogen and oxygen atoms in total. The molecule has 1 aromatic carbocycles. The van der Waals surface area contributed by atoms with Crippen LogP contribution in [0, 0.1) is 12.3 Å². The summed E-state index contributed by atoms with van der Waals surface area (Å²) in [7, 11) is 3.40. The Morgan fingerprint density at radius 3 is 2.32 bits per heavy atom. The Balaban J connectivity index is 2.35. The smallest absolute Gasteiger partial charge is 0.124 e. The van der Waals surface area contributed by atoms with Gasteiger partial charge in [0.2, 0.25) is 0 Å². The predicted octanol–water partition coefficient (Wildman–Crippen LogP) is 1.13. The molecule has 2 atom stereocenters. The highest BCUT2D eigenvalue weighted by Crippen LogP contribution is 2.29. The second kappa shape index (κ2) is 5.59. The number of ether oxygens (including phenoxy) is 2. The van der Waals surface area contributed by atoms with Crippen LogP contribution in [0.5, 0.6) is 0 Å². The van der Waals surface area contributed by atoms with Crippen LogP contribution >= 0.6 is 0 Å². The number of methoxy groups -OCH3 is 2. The summed E-state index contributed by atoms with van der Waals surface area (Å²) < 4.78 is 10.9. The molecule has 0 spiro atoms. The van der Waals surface area contributed by atoms with E-state index in [1.165, 1.54) is 0 Å². The van der Waals surface area contributed by atoms with Crippen LogP contribution in [0.1, 0.15) is 11.1 Å². The van der Waals surface area contributed by atoms with E-state index in [9.17, 15) is 0 Å². The predicted molar refractivity (Wildman–Crippen MR) is 76.0 cm³/mol. The van der Waals surface area contributed by atoms with Gasteiger partial charge in [-0.3, -0.25) is 5.41 Å². The largest absolute Gasteiger partial charge is 0.384 e. The zero-order valence-corrected chi connectivity index (χ0v) is 11.6. The summed E-state index contributed by atoms with van der Waals surface area (Å²) in [6.07, 6.45) is 0.0915. The molecule has 104 valence electrons. The monoisotopic (exact) mass is 263 g/mol. The standard InChI is InChI=1S/C14H21N3O2/c1-9-5-4-6-10(14(15)16)13(9)17-7-11(18-2)12(8-17)19-3/h4-6,11-12H,7-8H2,1-3H3,(H3,15,16). The minimum absolute atomic E-state index is 0.0458. The maximum absolute atomic E-state index is 7.72. The van der Waals surface area contributed by atoms with Crippen LogP contribution in [-0.2, 0) is 9.47 Å². The van der Waals surface area contributed by atoms with Crippen molar-refractivity contribution in [2.75, 3.05) is 32.2 Å². The van der Waals surface area contributed by atoms with E-state index < -0.39 is 0 Å². The summed E-state index contributed by atoms with van der Waals surface area (Å²) in [6, 6.07) is 5.84. The van der Waals surface area contributed by atoms with Crippen LogP contribution in [0.25, 0.3) is 0 Å². The second-order valence-electron chi connectivity index (χ2n) is 4.84. The van der Waals surface area contributed by atoms with Gasteiger partial charge in [-0.05, 0) is 18.6 Å². The van der Waals surface area contributed by atoms with E-state index in [4.69, 9.17) is 20.6 Å². The summed E-state index contributed by atoms with van der Waals surface area (Å²) in [5.74, 6) is 0.0912. The first-order chi connectivity index (χ1) is 9.08. The molecule has 0 saturated carbocycles. The number of hydrogen-bond donors (Lipinski definition) is 2. The first-order valence-electron chi connectivity index (χ1n) is 6.33. The quantitative estimate of drug-likeness (QED) is 0.631. The molecule has 1 fully saturated rings. The Hall–Kier alpha value is -1.59. The van der Waals surface area contributed by atoms with Crippen molar-refractivity contribution in [2.24, 2.45) is 5.73 Å². The van der Waals surface area contributed by atoms with Crippen molar-refractivity contribution >= 4 is 11.5 Å². The first-order valence-corrected chi connectivity index (χ1v) is 6.33. The number of hydrogen-bond acceptors (Lipinski definition) is 4. The van der Waals surface area contributed by atoms with Crippen LogP contribution in [0.15, 0.2) is 18.2 Å². The highest BCUT2D eigenvalue weighted by molar-refractivity contribution is 6.01. The number of aryl methyl sites for hydroxylation is 1. The van der Waals surface area contributed by atoms with Gasteiger partial charge in [0, 0.05) is 32.9 Å². The number of nitrogens with one attached hydrogen (secondary N) is 1. The molecule has 1 aliphatic heterocycles. The third kappa shape index (κ3) is 2.57.